The first kappa shape index (κ1) is 13.1. The van der Waals surface area contributed by atoms with E-state index < -0.39 is 5.82 Å². The van der Waals surface area contributed by atoms with Crippen molar-refractivity contribution in [3.05, 3.63) is 29.2 Å². The smallest absolute Gasteiger partial charge is 0.147 e. The van der Waals surface area contributed by atoms with Crippen LogP contribution in [0.5, 0.6) is 5.75 Å². The maximum Gasteiger partial charge on any atom is 0.147 e. The number of anilines is 1. The van der Waals surface area contributed by atoms with Gasteiger partial charge in [-0.15, -0.1) is 0 Å². The van der Waals surface area contributed by atoms with Crippen LogP contribution in [0, 0.1) is 11.0 Å². The number of halogens is 1. The Morgan fingerprint density at radius 3 is 2.89 bits per heavy atom. The quantitative estimate of drug-likeness (QED) is 0.806. The summed E-state index contributed by atoms with van der Waals surface area (Å²) in [6, 6.07) is 3.80. The number of nitrogens with one attached hydrogen (secondary N) is 1. The zero-order valence-electron chi connectivity index (χ0n) is 10.1. The zero-order chi connectivity index (χ0) is 13.1. The van der Waals surface area contributed by atoms with Gasteiger partial charge in [-0.05, 0) is 38.4 Å². The molecule has 100 valence electrons. The fourth-order valence-corrected chi connectivity index (χ4v) is 2.23. The summed E-state index contributed by atoms with van der Waals surface area (Å²) in [4.78, 5) is 0. The Morgan fingerprint density at radius 1 is 1.50 bits per heavy atom. The fraction of sp³-hybridized carbons (Fsp3) is 0.500. The highest BCUT2D eigenvalue weighted by atomic mass is 19.1. The highest BCUT2D eigenvalue weighted by Gasteiger charge is 2.25. The van der Waals surface area contributed by atoms with E-state index in [2.05, 4.69) is 5.32 Å². The molecule has 2 rings (SSSR count). The van der Waals surface area contributed by atoms with Crippen molar-refractivity contribution in [2.75, 3.05) is 12.3 Å². The first-order valence-electron chi connectivity index (χ1n) is 5.89. The van der Waals surface area contributed by atoms with Crippen molar-refractivity contribution in [1.82, 2.24) is 5.32 Å². The lowest BCUT2D eigenvalue weighted by Gasteiger charge is -2.25. The molecule has 1 saturated carbocycles. The second-order valence-electron chi connectivity index (χ2n) is 4.42. The SMILES string of the molecule is CN[C@H]1CC[C@H](Oc2cc(F)ccc2N([O-])O)C1. The summed E-state index contributed by atoms with van der Waals surface area (Å²) in [6.45, 7) is 0. The average molecular weight is 255 g/mol. The Bertz CT molecular complexity index is 414. The van der Waals surface area contributed by atoms with Crippen molar-refractivity contribution in [2.24, 2.45) is 0 Å². The van der Waals surface area contributed by atoms with E-state index in [-0.39, 0.29) is 22.8 Å². The molecule has 0 saturated heterocycles. The number of nitrogens with zero attached hydrogens (tertiary/aromatic N) is 1. The monoisotopic (exact) mass is 255 g/mol. The highest BCUT2D eigenvalue weighted by Crippen LogP contribution is 2.32. The van der Waals surface area contributed by atoms with Crippen LogP contribution in [0.1, 0.15) is 19.3 Å². The van der Waals surface area contributed by atoms with Gasteiger partial charge < -0.3 is 20.5 Å². The molecule has 2 N–H and O–H groups in total. The summed E-state index contributed by atoms with van der Waals surface area (Å²) in [7, 11) is 1.88. The second kappa shape index (κ2) is 5.51. The number of hydrogen-bond acceptors (Lipinski definition) is 5. The van der Waals surface area contributed by atoms with Gasteiger partial charge >= 0.3 is 0 Å². The van der Waals surface area contributed by atoms with E-state index in [1.54, 1.807) is 0 Å². The highest BCUT2D eigenvalue weighted by molar-refractivity contribution is 5.57. The van der Waals surface area contributed by atoms with Gasteiger partial charge in [0.1, 0.15) is 17.7 Å². The predicted molar refractivity (Wildman–Crippen MR) is 65.1 cm³/mol. The van der Waals surface area contributed by atoms with Crippen LogP contribution in [0.25, 0.3) is 0 Å². The first-order chi connectivity index (χ1) is 8.60. The molecule has 0 heterocycles. The number of ether oxygens (including phenoxy) is 1. The third-order valence-electron chi connectivity index (χ3n) is 3.21. The Labute approximate surface area is 105 Å². The van der Waals surface area contributed by atoms with Crippen molar-refractivity contribution in [1.29, 1.82) is 0 Å². The van der Waals surface area contributed by atoms with Crippen LogP contribution < -0.4 is 15.3 Å². The minimum Gasteiger partial charge on any atom is -0.733 e. The van der Waals surface area contributed by atoms with E-state index in [4.69, 9.17) is 9.94 Å². The molecule has 0 spiro atoms. The van der Waals surface area contributed by atoms with Crippen LogP contribution in [-0.2, 0) is 0 Å². The third kappa shape index (κ3) is 2.90. The van der Waals surface area contributed by atoms with Gasteiger partial charge in [0.2, 0.25) is 0 Å². The average Bonchev–Trinajstić information content (AvgIpc) is 2.76. The van der Waals surface area contributed by atoms with E-state index in [0.717, 1.165) is 31.4 Å². The molecule has 1 aromatic carbocycles. The van der Waals surface area contributed by atoms with Crippen molar-refractivity contribution < 1.29 is 14.3 Å². The normalized spacial score (nSPS) is 23.1. The lowest BCUT2D eigenvalue weighted by atomic mass is 10.2. The van der Waals surface area contributed by atoms with E-state index in [1.807, 2.05) is 7.05 Å². The minimum absolute atomic E-state index is 0.0667. The molecule has 1 aromatic rings. The molecule has 6 heteroatoms. The fourth-order valence-electron chi connectivity index (χ4n) is 2.23. The number of benzene rings is 1. The van der Waals surface area contributed by atoms with Crippen LogP contribution in [0.4, 0.5) is 10.1 Å². The van der Waals surface area contributed by atoms with Crippen molar-refractivity contribution in [2.45, 2.75) is 31.4 Å². The van der Waals surface area contributed by atoms with Crippen LogP contribution >= 0.6 is 0 Å². The topological polar surface area (TPSA) is 67.8 Å². The number of rotatable bonds is 4. The van der Waals surface area contributed by atoms with E-state index in [1.165, 1.54) is 6.07 Å². The van der Waals surface area contributed by atoms with E-state index in [0.29, 0.717) is 6.04 Å². The van der Waals surface area contributed by atoms with Gasteiger partial charge in [0, 0.05) is 12.1 Å². The van der Waals surface area contributed by atoms with Gasteiger partial charge in [-0.1, -0.05) is 0 Å². The molecule has 0 radical (unpaired) electrons. The predicted octanol–water partition coefficient (Wildman–Crippen LogP) is 2.04. The molecule has 18 heavy (non-hydrogen) atoms. The van der Waals surface area contributed by atoms with Gasteiger partial charge in [0.05, 0.1) is 5.69 Å². The molecule has 0 aromatic heterocycles. The van der Waals surface area contributed by atoms with Crippen LogP contribution in [0.3, 0.4) is 0 Å². The third-order valence-corrected chi connectivity index (χ3v) is 3.21. The molecule has 1 aliphatic carbocycles. The Balaban J connectivity index is 2.11. The molecule has 1 fully saturated rings. The van der Waals surface area contributed by atoms with E-state index in [9.17, 15) is 9.60 Å². The molecule has 0 unspecified atom stereocenters. The van der Waals surface area contributed by atoms with Gasteiger partial charge in [-0.2, -0.15) is 0 Å². The molecule has 1 aliphatic rings. The lowest BCUT2D eigenvalue weighted by molar-refractivity contribution is 0.202. The summed E-state index contributed by atoms with van der Waals surface area (Å²) in [5.41, 5.74) is -0.0793. The molecule has 0 bridgehead atoms. The standard InChI is InChI=1S/C12H16FN2O3/c1-14-9-3-4-10(7-9)18-12-6-8(13)2-5-11(12)15(16)17/h2,5-6,9-10,14,16H,3-4,7H2,1H3/q-1/t9-,10-/m0/s1. The van der Waals surface area contributed by atoms with E-state index >= 15 is 0 Å². The molecular weight excluding hydrogens is 239 g/mol. The Hall–Kier alpha value is -1.37. The zero-order valence-corrected chi connectivity index (χ0v) is 10.1. The minimum atomic E-state index is -0.501. The maximum atomic E-state index is 13.1. The van der Waals surface area contributed by atoms with Gasteiger partial charge in [0.15, 0.2) is 0 Å². The molecule has 0 amide bonds. The van der Waals surface area contributed by atoms with Gasteiger partial charge in [-0.25, -0.2) is 4.39 Å². The molecule has 0 aliphatic heterocycles. The summed E-state index contributed by atoms with van der Waals surface area (Å²) in [5.74, 6) is -0.423. The Morgan fingerprint density at radius 2 is 2.28 bits per heavy atom. The largest absolute Gasteiger partial charge is 0.733 e. The second-order valence-corrected chi connectivity index (χ2v) is 4.42. The van der Waals surface area contributed by atoms with Gasteiger partial charge in [-0.3, -0.25) is 5.21 Å². The Kier molecular flexibility index (Phi) is 4.00. The van der Waals surface area contributed by atoms with Crippen molar-refractivity contribution in [3.8, 4) is 5.75 Å². The van der Waals surface area contributed by atoms with Gasteiger partial charge in [0.25, 0.3) is 0 Å². The van der Waals surface area contributed by atoms with Crippen molar-refractivity contribution in [3.63, 3.8) is 0 Å². The lowest BCUT2D eigenvalue weighted by Crippen LogP contribution is -2.24. The molecular formula is C12H16FN2O3-. The van der Waals surface area contributed by atoms with Crippen LogP contribution in [-0.4, -0.2) is 24.4 Å². The summed E-state index contributed by atoms with van der Waals surface area (Å²) < 4.78 is 18.7. The summed E-state index contributed by atoms with van der Waals surface area (Å²) in [5, 5.41) is 22.7. The van der Waals surface area contributed by atoms with Crippen LogP contribution in [0.15, 0.2) is 18.2 Å². The van der Waals surface area contributed by atoms with Crippen LogP contribution in [0.2, 0.25) is 0 Å². The molecule has 2 atom stereocenters. The number of hydrogen-bond donors (Lipinski definition) is 2. The van der Waals surface area contributed by atoms with Crippen molar-refractivity contribution >= 4 is 5.69 Å². The first-order valence-corrected chi connectivity index (χ1v) is 5.89. The molecule has 5 nitrogen and oxygen atoms in total. The summed E-state index contributed by atoms with van der Waals surface area (Å²) >= 11 is 0. The maximum absolute atomic E-state index is 13.1. The summed E-state index contributed by atoms with van der Waals surface area (Å²) in [6.07, 6.45) is 2.55.